The lowest BCUT2D eigenvalue weighted by Gasteiger charge is -2.18. The number of aliphatic hydroxyl groups excluding tert-OH is 2. The number of hydrogen-bond acceptors (Lipinski definition) is 2. The topological polar surface area (TPSA) is 55.2 Å². The number of nitrogens with zero attached hydrogens (tertiary/aromatic N) is 3. The van der Waals surface area contributed by atoms with Crippen LogP contribution in [0.2, 0.25) is 0 Å². The van der Waals surface area contributed by atoms with Gasteiger partial charge < -0.3 is 23.9 Å². The lowest BCUT2D eigenvalue weighted by molar-refractivity contribution is 0.195. The van der Waals surface area contributed by atoms with Crippen molar-refractivity contribution in [3.63, 3.8) is 0 Å². The molecule has 0 aliphatic carbocycles. The first-order valence-corrected chi connectivity index (χ1v) is 21.4. The number of rotatable bonds is 11. The zero-order valence-corrected chi connectivity index (χ0v) is 34.6. The molecule has 0 saturated carbocycles. The molecule has 3 heterocycles. The molecule has 0 fully saturated rings. The Bertz CT molecular complexity index is 2940. The van der Waals surface area contributed by atoms with Gasteiger partial charge >= 0.3 is 0 Å². The molecule has 7 aromatic carbocycles. The van der Waals surface area contributed by atoms with Crippen molar-refractivity contribution in [1.82, 2.24) is 13.7 Å². The van der Waals surface area contributed by atoms with E-state index in [0.717, 1.165) is 37.2 Å². The van der Waals surface area contributed by atoms with Crippen LogP contribution in [0.25, 0.3) is 71.1 Å². The molecule has 1 atom stereocenters. The maximum Gasteiger partial charge on any atom is 0.0961 e. The fraction of sp³-hybridized carbons (Fsp3) is 0.200. The predicted octanol–water partition coefficient (Wildman–Crippen LogP) is 13.3. The van der Waals surface area contributed by atoms with E-state index in [-0.39, 0.29) is 11.2 Å². The Morgan fingerprint density at radius 1 is 0.483 bits per heavy atom. The first kappa shape index (κ1) is 37.7. The molecule has 0 radical (unpaired) electrons. The van der Waals surface area contributed by atoms with E-state index in [9.17, 15) is 10.2 Å². The molecule has 2 N–H and O–H groups in total. The first-order valence-electron chi connectivity index (χ1n) is 21.4. The van der Waals surface area contributed by atoms with Gasteiger partial charge in [0.25, 0.3) is 0 Å². The van der Waals surface area contributed by atoms with Gasteiger partial charge in [-0.15, -0.1) is 0 Å². The highest BCUT2D eigenvalue weighted by Crippen LogP contribution is 2.36. The quantitative estimate of drug-likeness (QED) is 0.128. The summed E-state index contributed by atoms with van der Waals surface area (Å²) in [6, 6.07) is 57.9. The van der Waals surface area contributed by atoms with Gasteiger partial charge in [0.2, 0.25) is 0 Å². The Balaban J connectivity index is 1.00. The molecule has 3 aromatic heterocycles. The summed E-state index contributed by atoms with van der Waals surface area (Å²) in [5, 5.41) is 28.8. The Morgan fingerprint density at radius 2 is 0.883 bits per heavy atom. The number of benzene rings is 7. The molecule has 0 aliphatic rings. The highest BCUT2D eigenvalue weighted by atomic mass is 16.3. The highest BCUT2D eigenvalue weighted by molar-refractivity contribution is 6.10. The van der Waals surface area contributed by atoms with E-state index in [1.165, 1.54) is 76.5 Å². The molecule has 0 bridgehead atoms. The molecular formula is C55H51N3O2. The SMILES string of the molecule is CC(C)(C)C(O)=CC(O)CCc1ccc(-n2c3ccc(CCn4c5ccccc5c5ccccc54)cc3c3cc(CCn4c5ccccc5c5ccccc54)ccc32)cc1. The molecule has 0 spiro atoms. The molecule has 0 amide bonds. The zero-order chi connectivity index (χ0) is 41.0. The summed E-state index contributed by atoms with van der Waals surface area (Å²) < 4.78 is 7.37. The Kier molecular flexibility index (Phi) is 9.57. The molecule has 10 aromatic rings. The molecule has 1 unspecified atom stereocenters. The van der Waals surface area contributed by atoms with Crippen LogP contribution in [-0.2, 0) is 32.4 Å². The van der Waals surface area contributed by atoms with Crippen molar-refractivity contribution in [1.29, 1.82) is 0 Å². The van der Waals surface area contributed by atoms with Crippen LogP contribution in [0, 0.1) is 5.41 Å². The van der Waals surface area contributed by atoms with Crippen molar-refractivity contribution in [2.45, 2.75) is 65.6 Å². The number of allylic oxidation sites excluding steroid dienone is 1. The van der Waals surface area contributed by atoms with E-state index in [4.69, 9.17) is 0 Å². The van der Waals surface area contributed by atoms with Gasteiger partial charge in [0.1, 0.15) is 0 Å². The van der Waals surface area contributed by atoms with E-state index >= 15 is 0 Å². The standard InChI is InChI=1S/C55H51N3O2/c1-55(2,3)54(60)36-41(59)27-22-37-20-25-40(26-21-37)58-52-28-23-38(30-32-56-48-16-8-4-12-42(48)43-13-5-9-17-49(43)56)34-46(52)47-35-39(24-29-53(47)58)31-33-57-50-18-10-6-14-44(50)45-15-7-11-19-51(45)57/h4-21,23-26,28-29,34-36,41,59-60H,22,27,30-33H2,1-3H3. The van der Waals surface area contributed by atoms with E-state index in [1.54, 1.807) is 6.08 Å². The summed E-state index contributed by atoms with van der Waals surface area (Å²) in [4.78, 5) is 0. The third kappa shape index (κ3) is 6.83. The molecule has 10 rings (SSSR count). The zero-order valence-electron chi connectivity index (χ0n) is 34.6. The summed E-state index contributed by atoms with van der Waals surface area (Å²) in [5.41, 5.74) is 12.0. The summed E-state index contributed by atoms with van der Waals surface area (Å²) in [6.45, 7) is 7.62. The van der Waals surface area contributed by atoms with E-state index in [1.807, 2.05) is 20.8 Å². The van der Waals surface area contributed by atoms with Crippen LogP contribution in [0.3, 0.4) is 0 Å². The summed E-state index contributed by atoms with van der Waals surface area (Å²) in [7, 11) is 0. The number of aryl methyl sites for hydroxylation is 5. The number of aliphatic hydroxyl groups is 2. The van der Waals surface area contributed by atoms with Crippen molar-refractivity contribution >= 4 is 65.4 Å². The smallest absolute Gasteiger partial charge is 0.0961 e. The summed E-state index contributed by atoms with van der Waals surface area (Å²) >= 11 is 0. The monoisotopic (exact) mass is 785 g/mol. The Morgan fingerprint density at radius 3 is 1.30 bits per heavy atom. The second-order valence-electron chi connectivity index (χ2n) is 17.5. The molecule has 60 heavy (non-hydrogen) atoms. The van der Waals surface area contributed by atoms with Crippen LogP contribution < -0.4 is 0 Å². The number of para-hydroxylation sites is 4. The first-order chi connectivity index (χ1) is 29.2. The molecule has 0 aliphatic heterocycles. The lowest BCUT2D eigenvalue weighted by atomic mass is 9.92. The minimum atomic E-state index is -0.699. The second kappa shape index (κ2) is 15.2. The Hall–Kier alpha value is -6.56. The van der Waals surface area contributed by atoms with Crippen molar-refractivity contribution in [2.75, 3.05) is 0 Å². The second-order valence-corrected chi connectivity index (χ2v) is 17.5. The minimum absolute atomic E-state index is 0.224. The average molecular weight is 786 g/mol. The van der Waals surface area contributed by atoms with Gasteiger partial charge in [-0.3, -0.25) is 0 Å². The maximum atomic E-state index is 10.7. The van der Waals surface area contributed by atoms with E-state index in [0.29, 0.717) is 12.8 Å². The van der Waals surface area contributed by atoms with E-state index in [2.05, 4.69) is 171 Å². The fourth-order valence-corrected chi connectivity index (χ4v) is 9.32. The third-order valence-electron chi connectivity index (χ3n) is 12.5. The largest absolute Gasteiger partial charge is 0.512 e. The fourth-order valence-electron chi connectivity index (χ4n) is 9.32. The highest BCUT2D eigenvalue weighted by Gasteiger charge is 2.19. The number of fused-ring (bicyclic) bond motifs is 9. The molecular weight excluding hydrogens is 735 g/mol. The molecule has 298 valence electrons. The van der Waals surface area contributed by atoms with Crippen LogP contribution in [0.4, 0.5) is 0 Å². The van der Waals surface area contributed by atoms with Gasteiger partial charge in [-0.25, -0.2) is 0 Å². The van der Waals surface area contributed by atoms with Crippen LogP contribution in [-0.4, -0.2) is 30.0 Å². The summed E-state index contributed by atoms with van der Waals surface area (Å²) in [6.07, 6.45) is 3.98. The van der Waals surface area contributed by atoms with Crippen molar-refractivity contribution in [3.05, 3.63) is 186 Å². The van der Waals surface area contributed by atoms with Crippen LogP contribution in [0.5, 0.6) is 0 Å². The Labute approximate surface area is 351 Å². The third-order valence-corrected chi connectivity index (χ3v) is 12.5. The van der Waals surface area contributed by atoms with Crippen LogP contribution in [0.15, 0.2) is 170 Å². The van der Waals surface area contributed by atoms with Gasteiger partial charge in [-0.1, -0.05) is 118 Å². The van der Waals surface area contributed by atoms with Crippen molar-refractivity contribution in [3.8, 4) is 5.69 Å². The molecule has 0 saturated heterocycles. The van der Waals surface area contributed by atoms with Crippen molar-refractivity contribution in [2.24, 2.45) is 5.41 Å². The average Bonchev–Trinajstić information content (AvgIpc) is 3.89. The normalized spacial score (nSPS) is 13.2. The molecule has 5 nitrogen and oxygen atoms in total. The maximum absolute atomic E-state index is 10.7. The van der Waals surface area contributed by atoms with Crippen molar-refractivity contribution < 1.29 is 10.2 Å². The van der Waals surface area contributed by atoms with Crippen LogP contribution >= 0.6 is 0 Å². The molecule has 5 heteroatoms. The van der Waals surface area contributed by atoms with E-state index < -0.39 is 6.10 Å². The van der Waals surface area contributed by atoms with Gasteiger partial charge in [-0.05, 0) is 109 Å². The van der Waals surface area contributed by atoms with Gasteiger partial charge in [0.05, 0.1) is 22.9 Å². The van der Waals surface area contributed by atoms with Crippen LogP contribution in [0.1, 0.15) is 43.9 Å². The predicted molar refractivity (Wildman–Crippen MR) is 252 cm³/mol. The number of aromatic nitrogens is 3. The minimum Gasteiger partial charge on any atom is -0.512 e. The lowest BCUT2D eigenvalue weighted by Crippen LogP contribution is -2.13. The number of hydrogen-bond donors (Lipinski definition) is 2. The summed E-state index contributed by atoms with van der Waals surface area (Å²) in [5.74, 6) is 0.224. The van der Waals surface area contributed by atoms with Gasteiger partial charge in [0.15, 0.2) is 0 Å². The van der Waals surface area contributed by atoms with Gasteiger partial charge in [0, 0.05) is 78.6 Å². The van der Waals surface area contributed by atoms with Gasteiger partial charge in [-0.2, -0.15) is 0 Å².